The standard InChI is InChI=1S/C30H28F3N5O2/c1-29(40,19-3-2-4-20(13-19)30(31,32)33)18-8-5-16(6-9-18)24-25-26(34)35-11-12-37(25)27(36-24)17-7-10-23-21-14-22(21)28(39)38(23)15-17/h2-6,8-9,11-13,17,21-23,40H,7,10,14-15H2,1H3,(H2,34,35). The molecule has 3 aliphatic rings. The van der Waals surface area contributed by atoms with E-state index in [1.807, 2.05) is 15.5 Å². The predicted molar refractivity (Wildman–Crippen MR) is 142 cm³/mol. The van der Waals surface area contributed by atoms with Crippen LogP contribution >= 0.6 is 0 Å². The number of imidazole rings is 1. The number of anilines is 1. The highest BCUT2D eigenvalue weighted by Gasteiger charge is 2.59. The Hall–Kier alpha value is -3.92. The van der Waals surface area contributed by atoms with Gasteiger partial charge in [-0.15, -0.1) is 0 Å². The number of piperidine rings is 2. The van der Waals surface area contributed by atoms with Gasteiger partial charge in [-0.05, 0) is 55.4 Å². The molecule has 2 aromatic carbocycles. The van der Waals surface area contributed by atoms with E-state index in [9.17, 15) is 23.1 Å². The van der Waals surface area contributed by atoms with Gasteiger partial charge in [-0.3, -0.25) is 9.20 Å². The van der Waals surface area contributed by atoms with Crippen molar-refractivity contribution in [2.45, 2.75) is 49.9 Å². The fraction of sp³-hybridized carbons (Fsp3) is 0.367. The van der Waals surface area contributed by atoms with Gasteiger partial charge >= 0.3 is 6.18 Å². The Kier molecular flexibility index (Phi) is 5.35. The maximum Gasteiger partial charge on any atom is 0.416 e. The van der Waals surface area contributed by atoms with Crippen molar-refractivity contribution in [1.29, 1.82) is 0 Å². The van der Waals surface area contributed by atoms with E-state index in [4.69, 9.17) is 10.7 Å². The number of benzene rings is 2. The van der Waals surface area contributed by atoms with E-state index < -0.39 is 17.3 Å². The number of nitrogen functional groups attached to an aromatic ring is 1. The summed E-state index contributed by atoms with van der Waals surface area (Å²) in [6.45, 7) is 2.11. The van der Waals surface area contributed by atoms with Crippen LogP contribution in [-0.2, 0) is 16.6 Å². The Labute approximate surface area is 228 Å². The molecular weight excluding hydrogens is 519 g/mol. The molecule has 5 atom stereocenters. The molecule has 1 aliphatic carbocycles. The van der Waals surface area contributed by atoms with Crippen LogP contribution in [0, 0.1) is 11.8 Å². The highest BCUT2D eigenvalue weighted by Crippen LogP contribution is 2.54. The van der Waals surface area contributed by atoms with Crippen LogP contribution in [0.15, 0.2) is 60.9 Å². The normalized spacial score (nSPS) is 25.5. The van der Waals surface area contributed by atoms with E-state index in [-0.39, 0.29) is 23.3 Å². The zero-order valence-corrected chi connectivity index (χ0v) is 21.8. The van der Waals surface area contributed by atoms with Gasteiger partial charge in [0.1, 0.15) is 28.5 Å². The summed E-state index contributed by atoms with van der Waals surface area (Å²) in [7, 11) is 0. The number of alkyl halides is 3. The predicted octanol–water partition coefficient (Wildman–Crippen LogP) is 4.98. The van der Waals surface area contributed by atoms with Crippen molar-refractivity contribution >= 4 is 17.2 Å². The van der Waals surface area contributed by atoms with Crippen molar-refractivity contribution < 1.29 is 23.1 Å². The minimum Gasteiger partial charge on any atom is -0.382 e. The molecule has 0 radical (unpaired) electrons. The van der Waals surface area contributed by atoms with Crippen LogP contribution < -0.4 is 5.73 Å². The number of amides is 1. The van der Waals surface area contributed by atoms with Crippen LogP contribution in [0.3, 0.4) is 0 Å². The van der Waals surface area contributed by atoms with Crippen LogP contribution in [0.5, 0.6) is 0 Å². The second-order valence-corrected chi connectivity index (χ2v) is 11.4. The average Bonchev–Trinajstić information content (AvgIpc) is 3.57. The molecule has 3 fully saturated rings. The van der Waals surface area contributed by atoms with Crippen LogP contribution in [0.4, 0.5) is 19.0 Å². The number of aliphatic hydroxyl groups is 1. The summed E-state index contributed by atoms with van der Waals surface area (Å²) in [6, 6.07) is 12.0. The molecule has 40 heavy (non-hydrogen) atoms. The Morgan fingerprint density at radius 3 is 2.55 bits per heavy atom. The van der Waals surface area contributed by atoms with Crippen molar-refractivity contribution in [3.05, 3.63) is 83.4 Å². The first-order chi connectivity index (χ1) is 19.0. The number of fused-ring (bicyclic) bond motifs is 4. The molecule has 206 valence electrons. The molecule has 2 aromatic heterocycles. The van der Waals surface area contributed by atoms with E-state index in [2.05, 4.69) is 4.98 Å². The lowest BCUT2D eigenvalue weighted by atomic mass is 9.87. The molecule has 0 bridgehead atoms. The summed E-state index contributed by atoms with van der Waals surface area (Å²) in [5.41, 5.74) is 6.46. The maximum atomic E-state index is 13.3. The number of aromatic nitrogens is 3. The largest absolute Gasteiger partial charge is 0.416 e. The lowest BCUT2D eigenvalue weighted by Gasteiger charge is -2.36. The lowest BCUT2D eigenvalue weighted by molar-refractivity contribution is -0.137. The Morgan fingerprint density at radius 1 is 1.05 bits per heavy atom. The third kappa shape index (κ3) is 3.80. The molecule has 3 N–H and O–H groups in total. The number of carbonyl (C=O) groups excluding carboxylic acids is 1. The molecule has 7 nitrogen and oxygen atoms in total. The molecule has 4 heterocycles. The maximum absolute atomic E-state index is 13.3. The average molecular weight is 548 g/mol. The zero-order valence-electron chi connectivity index (χ0n) is 21.8. The molecule has 0 spiro atoms. The Morgan fingerprint density at radius 2 is 1.80 bits per heavy atom. The molecule has 1 amide bonds. The van der Waals surface area contributed by atoms with Gasteiger partial charge in [0.15, 0.2) is 0 Å². The summed E-state index contributed by atoms with van der Waals surface area (Å²) < 4.78 is 41.8. The van der Waals surface area contributed by atoms with Gasteiger partial charge in [-0.2, -0.15) is 13.2 Å². The highest BCUT2D eigenvalue weighted by atomic mass is 19.4. The lowest BCUT2D eigenvalue weighted by Crippen LogP contribution is -2.43. The summed E-state index contributed by atoms with van der Waals surface area (Å²) >= 11 is 0. The summed E-state index contributed by atoms with van der Waals surface area (Å²) in [6.07, 6.45) is 1.87. The van der Waals surface area contributed by atoms with E-state index in [0.29, 0.717) is 41.1 Å². The van der Waals surface area contributed by atoms with Gasteiger partial charge in [0.05, 0.1) is 5.56 Å². The van der Waals surface area contributed by atoms with Crippen molar-refractivity contribution in [2.24, 2.45) is 11.8 Å². The van der Waals surface area contributed by atoms with Gasteiger partial charge in [0.25, 0.3) is 0 Å². The number of halogens is 3. The molecule has 5 unspecified atom stereocenters. The number of nitrogens with zero attached hydrogens (tertiary/aromatic N) is 4. The second-order valence-electron chi connectivity index (χ2n) is 11.4. The molecule has 2 saturated heterocycles. The van der Waals surface area contributed by atoms with E-state index in [1.54, 1.807) is 30.5 Å². The second kappa shape index (κ2) is 8.54. The van der Waals surface area contributed by atoms with E-state index in [0.717, 1.165) is 42.8 Å². The Balaban J connectivity index is 1.23. The van der Waals surface area contributed by atoms with Crippen LogP contribution in [0.1, 0.15) is 54.6 Å². The molecule has 1 saturated carbocycles. The fourth-order valence-corrected chi connectivity index (χ4v) is 6.73. The van der Waals surface area contributed by atoms with Gasteiger partial charge in [0, 0.05) is 42.4 Å². The van der Waals surface area contributed by atoms with Crippen molar-refractivity contribution in [2.75, 3.05) is 12.3 Å². The number of nitrogens with two attached hydrogens (primary N) is 1. The monoisotopic (exact) mass is 547 g/mol. The van der Waals surface area contributed by atoms with E-state index in [1.165, 1.54) is 19.1 Å². The molecule has 7 rings (SSSR count). The van der Waals surface area contributed by atoms with Crippen LogP contribution in [0.25, 0.3) is 16.8 Å². The fourth-order valence-electron chi connectivity index (χ4n) is 6.73. The Bertz CT molecular complexity index is 1650. The quantitative estimate of drug-likeness (QED) is 0.376. The zero-order chi connectivity index (χ0) is 28.0. The van der Waals surface area contributed by atoms with Crippen molar-refractivity contribution in [3.8, 4) is 11.3 Å². The first kappa shape index (κ1) is 25.1. The molecular formula is C30H28F3N5O2. The minimum absolute atomic E-state index is 0.0571. The van der Waals surface area contributed by atoms with Gasteiger partial charge in [-0.1, -0.05) is 36.4 Å². The minimum atomic E-state index is -4.51. The third-order valence-electron chi connectivity index (χ3n) is 9.01. The SMILES string of the molecule is CC(O)(c1ccc(-c2nc(C3CCC4C5CC5C(=O)N4C3)n3ccnc(N)c23)cc1)c1cccc(C(F)(F)F)c1. The number of carbonyl (C=O) groups is 1. The summed E-state index contributed by atoms with van der Waals surface area (Å²) in [5, 5.41) is 11.3. The van der Waals surface area contributed by atoms with E-state index >= 15 is 0 Å². The highest BCUT2D eigenvalue weighted by molar-refractivity contribution is 5.86. The van der Waals surface area contributed by atoms with Crippen molar-refractivity contribution in [1.82, 2.24) is 19.3 Å². The smallest absolute Gasteiger partial charge is 0.382 e. The van der Waals surface area contributed by atoms with Crippen molar-refractivity contribution in [3.63, 3.8) is 0 Å². The molecule has 2 aliphatic heterocycles. The topological polar surface area (TPSA) is 96.8 Å². The number of hydrogen-bond acceptors (Lipinski definition) is 5. The first-order valence-corrected chi connectivity index (χ1v) is 13.5. The molecule has 10 heteroatoms. The summed E-state index contributed by atoms with van der Waals surface area (Å²) in [5.74, 6) is 2.21. The van der Waals surface area contributed by atoms with Gasteiger partial charge in [0.2, 0.25) is 5.91 Å². The van der Waals surface area contributed by atoms with Gasteiger partial charge < -0.3 is 15.7 Å². The third-order valence-corrected chi connectivity index (χ3v) is 9.01. The summed E-state index contributed by atoms with van der Waals surface area (Å²) in [4.78, 5) is 24.1. The van der Waals surface area contributed by atoms with Gasteiger partial charge in [-0.25, -0.2) is 9.97 Å². The number of rotatable bonds is 4. The number of hydrogen-bond donors (Lipinski definition) is 2. The molecule has 4 aromatic rings. The van der Waals surface area contributed by atoms with Crippen LogP contribution in [-0.4, -0.2) is 42.9 Å². The van der Waals surface area contributed by atoms with Crippen LogP contribution in [0.2, 0.25) is 0 Å². The first-order valence-electron chi connectivity index (χ1n) is 13.5.